The number of nitrogens with two attached hydrogens (primary N) is 1. The van der Waals surface area contributed by atoms with Crippen LogP contribution in [0, 0.1) is 6.92 Å². The minimum atomic E-state index is 0.0230. The summed E-state index contributed by atoms with van der Waals surface area (Å²) in [4.78, 5) is 13.7. The molecule has 0 aliphatic carbocycles. The zero-order valence-corrected chi connectivity index (χ0v) is 9.74. The molecule has 0 fully saturated rings. The Bertz CT molecular complexity index is 372. The van der Waals surface area contributed by atoms with Crippen LogP contribution in [0.15, 0.2) is 18.2 Å². The number of anilines is 1. The number of benzene rings is 1. The van der Waals surface area contributed by atoms with E-state index in [0.29, 0.717) is 11.3 Å². The van der Waals surface area contributed by atoms with Gasteiger partial charge in [-0.3, -0.25) is 4.79 Å². The van der Waals surface area contributed by atoms with Gasteiger partial charge >= 0.3 is 0 Å². The maximum Gasteiger partial charge on any atom is 0.254 e. The third kappa shape index (κ3) is 2.29. The topological polar surface area (TPSA) is 46.3 Å². The molecular weight excluding hydrogens is 188 g/mol. The van der Waals surface area contributed by atoms with Gasteiger partial charge in [0.25, 0.3) is 5.91 Å². The molecule has 0 aliphatic heterocycles. The van der Waals surface area contributed by atoms with Gasteiger partial charge < -0.3 is 10.6 Å². The molecule has 0 aliphatic rings. The molecule has 1 aromatic carbocycles. The average Bonchev–Trinajstić information content (AvgIpc) is 2.20. The van der Waals surface area contributed by atoms with Crippen LogP contribution in [0.4, 0.5) is 5.69 Å². The van der Waals surface area contributed by atoms with Gasteiger partial charge in [-0.15, -0.1) is 0 Å². The van der Waals surface area contributed by atoms with Crippen molar-refractivity contribution in [3.05, 3.63) is 29.3 Å². The number of hydrogen-bond acceptors (Lipinski definition) is 2. The summed E-state index contributed by atoms with van der Waals surface area (Å²) >= 11 is 0. The highest BCUT2D eigenvalue weighted by Crippen LogP contribution is 2.17. The van der Waals surface area contributed by atoms with Crippen molar-refractivity contribution in [2.45, 2.75) is 26.8 Å². The lowest BCUT2D eigenvalue weighted by atomic mass is 10.1. The fourth-order valence-electron chi connectivity index (χ4n) is 1.31. The quantitative estimate of drug-likeness (QED) is 0.753. The van der Waals surface area contributed by atoms with Crippen molar-refractivity contribution in [3.63, 3.8) is 0 Å². The standard InChI is InChI=1S/C12H18N2O/c1-8(2)14(4)12(15)10-6-5-7-11(13)9(10)3/h5-8H,13H2,1-4H3. The van der Waals surface area contributed by atoms with Gasteiger partial charge in [-0.1, -0.05) is 6.07 Å². The summed E-state index contributed by atoms with van der Waals surface area (Å²) in [5, 5.41) is 0. The second kappa shape index (κ2) is 4.34. The van der Waals surface area contributed by atoms with E-state index < -0.39 is 0 Å². The molecule has 0 unspecified atom stereocenters. The molecule has 3 heteroatoms. The Balaban J connectivity index is 3.07. The SMILES string of the molecule is Cc1c(N)cccc1C(=O)N(C)C(C)C. The third-order valence-corrected chi connectivity index (χ3v) is 2.70. The number of nitrogen functional groups attached to an aromatic ring is 1. The van der Waals surface area contributed by atoms with Crippen LogP contribution in [0.1, 0.15) is 29.8 Å². The van der Waals surface area contributed by atoms with E-state index in [1.807, 2.05) is 39.0 Å². The number of hydrogen-bond donors (Lipinski definition) is 1. The van der Waals surface area contributed by atoms with Crippen molar-refractivity contribution in [1.29, 1.82) is 0 Å². The molecule has 0 heterocycles. The van der Waals surface area contributed by atoms with Gasteiger partial charge in [-0.05, 0) is 38.5 Å². The summed E-state index contributed by atoms with van der Waals surface area (Å²) in [5.41, 5.74) is 7.97. The molecule has 1 rings (SSSR count). The summed E-state index contributed by atoms with van der Waals surface area (Å²) < 4.78 is 0. The van der Waals surface area contributed by atoms with Crippen LogP contribution in [0.3, 0.4) is 0 Å². The van der Waals surface area contributed by atoms with E-state index in [1.165, 1.54) is 0 Å². The summed E-state index contributed by atoms with van der Waals surface area (Å²) in [6.45, 7) is 5.84. The van der Waals surface area contributed by atoms with Gasteiger partial charge in [0.2, 0.25) is 0 Å². The predicted octanol–water partition coefficient (Wildman–Crippen LogP) is 2.06. The van der Waals surface area contributed by atoms with Crippen molar-refractivity contribution in [2.75, 3.05) is 12.8 Å². The van der Waals surface area contributed by atoms with Crippen molar-refractivity contribution in [3.8, 4) is 0 Å². The molecule has 0 saturated heterocycles. The van der Waals surface area contributed by atoms with Gasteiger partial charge in [0.15, 0.2) is 0 Å². The van der Waals surface area contributed by atoms with Crippen molar-refractivity contribution < 1.29 is 4.79 Å². The van der Waals surface area contributed by atoms with Crippen molar-refractivity contribution in [1.82, 2.24) is 4.90 Å². The molecule has 1 aromatic rings. The summed E-state index contributed by atoms with van der Waals surface area (Å²) in [7, 11) is 1.80. The molecular formula is C12H18N2O. The average molecular weight is 206 g/mol. The molecule has 82 valence electrons. The van der Waals surface area contributed by atoms with Crippen LogP contribution < -0.4 is 5.73 Å². The van der Waals surface area contributed by atoms with Crippen LogP contribution in [0.25, 0.3) is 0 Å². The molecule has 0 atom stereocenters. The Hall–Kier alpha value is -1.51. The molecule has 15 heavy (non-hydrogen) atoms. The predicted molar refractivity (Wildman–Crippen MR) is 62.8 cm³/mol. The second-order valence-electron chi connectivity index (χ2n) is 4.03. The van der Waals surface area contributed by atoms with Crippen LogP contribution in [0.2, 0.25) is 0 Å². The molecule has 0 saturated carbocycles. The lowest BCUT2D eigenvalue weighted by Gasteiger charge is -2.22. The van der Waals surface area contributed by atoms with Gasteiger partial charge in [0.05, 0.1) is 0 Å². The smallest absolute Gasteiger partial charge is 0.254 e. The molecule has 0 aromatic heterocycles. The lowest BCUT2D eigenvalue weighted by molar-refractivity contribution is 0.0754. The first kappa shape index (κ1) is 11.6. The van der Waals surface area contributed by atoms with E-state index >= 15 is 0 Å². The number of carbonyl (C=O) groups is 1. The second-order valence-corrected chi connectivity index (χ2v) is 4.03. The zero-order valence-electron chi connectivity index (χ0n) is 9.74. The lowest BCUT2D eigenvalue weighted by Crippen LogP contribution is -2.33. The molecule has 0 spiro atoms. The van der Waals surface area contributed by atoms with Crippen LogP contribution in [-0.4, -0.2) is 23.9 Å². The zero-order chi connectivity index (χ0) is 11.6. The number of nitrogens with zero attached hydrogens (tertiary/aromatic N) is 1. The normalized spacial score (nSPS) is 10.5. The Morgan fingerprint density at radius 1 is 1.40 bits per heavy atom. The molecule has 0 bridgehead atoms. The highest BCUT2D eigenvalue weighted by Gasteiger charge is 2.16. The summed E-state index contributed by atoms with van der Waals surface area (Å²) in [5.74, 6) is 0.0230. The third-order valence-electron chi connectivity index (χ3n) is 2.70. The summed E-state index contributed by atoms with van der Waals surface area (Å²) in [6.07, 6.45) is 0. The molecule has 1 amide bonds. The first-order valence-electron chi connectivity index (χ1n) is 5.07. The van der Waals surface area contributed by atoms with E-state index in [0.717, 1.165) is 5.56 Å². The Kier molecular flexibility index (Phi) is 3.35. The number of amides is 1. The minimum Gasteiger partial charge on any atom is -0.398 e. The first-order chi connectivity index (χ1) is 6.95. The van der Waals surface area contributed by atoms with Gasteiger partial charge in [-0.2, -0.15) is 0 Å². The van der Waals surface area contributed by atoms with E-state index in [2.05, 4.69) is 0 Å². The van der Waals surface area contributed by atoms with Crippen molar-refractivity contribution >= 4 is 11.6 Å². The van der Waals surface area contributed by atoms with Gasteiger partial charge in [-0.25, -0.2) is 0 Å². The Morgan fingerprint density at radius 2 is 2.00 bits per heavy atom. The monoisotopic (exact) mass is 206 g/mol. The fraction of sp³-hybridized carbons (Fsp3) is 0.417. The number of carbonyl (C=O) groups excluding carboxylic acids is 1. The maximum absolute atomic E-state index is 12.0. The van der Waals surface area contributed by atoms with Crippen molar-refractivity contribution in [2.24, 2.45) is 0 Å². The first-order valence-corrected chi connectivity index (χ1v) is 5.07. The van der Waals surface area contributed by atoms with E-state index in [4.69, 9.17) is 5.73 Å². The summed E-state index contributed by atoms with van der Waals surface area (Å²) in [6, 6.07) is 5.62. The highest BCUT2D eigenvalue weighted by molar-refractivity contribution is 5.96. The molecule has 0 radical (unpaired) electrons. The maximum atomic E-state index is 12.0. The Labute approximate surface area is 90.9 Å². The molecule has 2 N–H and O–H groups in total. The van der Waals surface area contributed by atoms with E-state index in [-0.39, 0.29) is 11.9 Å². The van der Waals surface area contributed by atoms with Crippen LogP contribution in [-0.2, 0) is 0 Å². The fourth-order valence-corrected chi connectivity index (χ4v) is 1.31. The van der Waals surface area contributed by atoms with E-state index in [1.54, 1.807) is 11.9 Å². The van der Waals surface area contributed by atoms with Gasteiger partial charge in [0, 0.05) is 24.3 Å². The highest BCUT2D eigenvalue weighted by atomic mass is 16.2. The molecule has 3 nitrogen and oxygen atoms in total. The van der Waals surface area contributed by atoms with Crippen LogP contribution in [0.5, 0.6) is 0 Å². The van der Waals surface area contributed by atoms with Gasteiger partial charge in [0.1, 0.15) is 0 Å². The largest absolute Gasteiger partial charge is 0.398 e. The van der Waals surface area contributed by atoms with E-state index in [9.17, 15) is 4.79 Å². The number of rotatable bonds is 2. The Morgan fingerprint density at radius 3 is 2.53 bits per heavy atom. The minimum absolute atomic E-state index is 0.0230. The van der Waals surface area contributed by atoms with Crippen LogP contribution >= 0.6 is 0 Å².